The van der Waals surface area contributed by atoms with Crippen LogP contribution in [0.4, 0.5) is 4.39 Å². The molecule has 0 saturated heterocycles. The lowest BCUT2D eigenvalue weighted by Crippen LogP contribution is -1.95. The summed E-state index contributed by atoms with van der Waals surface area (Å²) in [5.74, 6) is 0.949. The molecule has 84 valence electrons. The third-order valence-electron chi connectivity index (χ3n) is 2.49. The highest BCUT2D eigenvalue weighted by atomic mass is 19.1. The summed E-state index contributed by atoms with van der Waals surface area (Å²) in [6, 6.07) is 8.09. The molecule has 0 aliphatic heterocycles. The van der Waals surface area contributed by atoms with Crippen LogP contribution < -0.4 is 0 Å². The maximum absolute atomic E-state index is 12.9. The van der Waals surface area contributed by atoms with Crippen molar-refractivity contribution in [1.29, 1.82) is 0 Å². The summed E-state index contributed by atoms with van der Waals surface area (Å²) in [7, 11) is 0. The van der Waals surface area contributed by atoms with Crippen LogP contribution in [-0.2, 0) is 0 Å². The predicted octanol–water partition coefficient (Wildman–Crippen LogP) is 2.24. The van der Waals surface area contributed by atoms with Gasteiger partial charge in [-0.15, -0.1) is 5.10 Å². The van der Waals surface area contributed by atoms with Gasteiger partial charge in [0.05, 0.1) is 5.69 Å². The standard InChI is InChI=1S/C12H9FN4/c1-8-15-12-14-7-6-11(17(12)16-8)9-2-4-10(13)5-3-9/h2-7H,1H3. The van der Waals surface area contributed by atoms with Crippen molar-refractivity contribution in [2.24, 2.45) is 0 Å². The van der Waals surface area contributed by atoms with E-state index in [1.165, 1.54) is 12.1 Å². The molecule has 3 aromatic rings. The van der Waals surface area contributed by atoms with Gasteiger partial charge < -0.3 is 0 Å². The predicted molar refractivity (Wildman–Crippen MR) is 60.9 cm³/mol. The smallest absolute Gasteiger partial charge is 0.220 e. The van der Waals surface area contributed by atoms with Gasteiger partial charge in [0.2, 0.25) is 0 Å². The van der Waals surface area contributed by atoms with Crippen molar-refractivity contribution in [1.82, 2.24) is 19.6 Å². The van der Waals surface area contributed by atoms with Crippen LogP contribution in [0.25, 0.3) is 17.0 Å². The number of hydrogen-bond donors (Lipinski definition) is 0. The third-order valence-corrected chi connectivity index (χ3v) is 2.49. The van der Waals surface area contributed by atoms with E-state index in [0.29, 0.717) is 11.6 Å². The lowest BCUT2D eigenvalue weighted by Gasteiger charge is -2.02. The van der Waals surface area contributed by atoms with Gasteiger partial charge in [-0.05, 0) is 37.3 Å². The van der Waals surface area contributed by atoms with E-state index in [-0.39, 0.29) is 5.82 Å². The fourth-order valence-corrected chi connectivity index (χ4v) is 1.73. The van der Waals surface area contributed by atoms with Crippen LogP contribution in [0.5, 0.6) is 0 Å². The van der Waals surface area contributed by atoms with Crippen LogP contribution in [0.1, 0.15) is 5.82 Å². The van der Waals surface area contributed by atoms with E-state index < -0.39 is 0 Å². The molecular formula is C12H9FN4. The molecule has 2 aromatic heterocycles. The second-order valence-electron chi connectivity index (χ2n) is 3.71. The van der Waals surface area contributed by atoms with Gasteiger partial charge in [0.25, 0.3) is 5.78 Å². The van der Waals surface area contributed by atoms with Crippen LogP contribution in [0.2, 0.25) is 0 Å². The second kappa shape index (κ2) is 3.62. The van der Waals surface area contributed by atoms with Crippen LogP contribution in [0.15, 0.2) is 36.5 Å². The van der Waals surface area contributed by atoms with Crippen molar-refractivity contribution >= 4 is 5.78 Å². The van der Waals surface area contributed by atoms with Crippen molar-refractivity contribution in [3.05, 3.63) is 48.2 Å². The van der Waals surface area contributed by atoms with Crippen molar-refractivity contribution < 1.29 is 4.39 Å². The molecule has 0 fully saturated rings. The van der Waals surface area contributed by atoms with Gasteiger partial charge in [0.1, 0.15) is 11.6 Å². The fourth-order valence-electron chi connectivity index (χ4n) is 1.73. The summed E-state index contributed by atoms with van der Waals surface area (Å²) in [5, 5.41) is 4.26. The number of halogens is 1. The van der Waals surface area contributed by atoms with Gasteiger partial charge in [-0.2, -0.15) is 9.50 Å². The van der Waals surface area contributed by atoms with Crippen LogP contribution in [0, 0.1) is 12.7 Å². The summed E-state index contributed by atoms with van der Waals surface area (Å²) < 4.78 is 14.5. The molecule has 5 heteroatoms. The first-order chi connectivity index (χ1) is 8.24. The molecule has 0 unspecified atom stereocenters. The number of nitrogens with zero attached hydrogens (tertiary/aromatic N) is 4. The third kappa shape index (κ3) is 1.65. The Morgan fingerprint density at radius 1 is 1.12 bits per heavy atom. The highest BCUT2D eigenvalue weighted by Gasteiger charge is 2.07. The first-order valence-corrected chi connectivity index (χ1v) is 5.18. The zero-order valence-corrected chi connectivity index (χ0v) is 9.13. The van der Waals surface area contributed by atoms with E-state index in [1.54, 1.807) is 22.8 Å². The molecule has 0 N–H and O–H groups in total. The average Bonchev–Trinajstić information content (AvgIpc) is 2.70. The number of hydrogen-bond acceptors (Lipinski definition) is 3. The molecule has 17 heavy (non-hydrogen) atoms. The lowest BCUT2D eigenvalue weighted by atomic mass is 10.1. The first-order valence-electron chi connectivity index (χ1n) is 5.18. The summed E-state index contributed by atoms with van der Waals surface area (Å²) in [4.78, 5) is 8.30. The zero-order chi connectivity index (χ0) is 11.8. The number of aryl methyl sites for hydroxylation is 1. The molecule has 0 atom stereocenters. The van der Waals surface area contributed by atoms with Gasteiger partial charge in [0.15, 0.2) is 0 Å². The summed E-state index contributed by atoms with van der Waals surface area (Å²) in [6.07, 6.45) is 1.67. The normalized spacial score (nSPS) is 10.9. The van der Waals surface area contributed by atoms with Crippen LogP contribution >= 0.6 is 0 Å². The number of fused-ring (bicyclic) bond motifs is 1. The summed E-state index contributed by atoms with van der Waals surface area (Å²) in [6.45, 7) is 1.81. The van der Waals surface area contributed by atoms with Crippen LogP contribution in [0.3, 0.4) is 0 Å². The van der Waals surface area contributed by atoms with E-state index >= 15 is 0 Å². The molecule has 4 nitrogen and oxygen atoms in total. The fraction of sp³-hybridized carbons (Fsp3) is 0.0833. The lowest BCUT2D eigenvalue weighted by molar-refractivity contribution is 0.628. The highest BCUT2D eigenvalue weighted by molar-refractivity contribution is 5.61. The van der Waals surface area contributed by atoms with E-state index in [4.69, 9.17) is 0 Å². The first kappa shape index (κ1) is 9.89. The quantitative estimate of drug-likeness (QED) is 0.641. The molecular weight excluding hydrogens is 219 g/mol. The number of aromatic nitrogens is 4. The van der Waals surface area contributed by atoms with Crippen molar-refractivity contribution in [3.8, 4) is 11.3 Å². The van der Waals surface area contributed by atoms with Crippen molar-refractivity contribution in [3.63, 3.8) is 0 Å². The Morgan fingerprint density at radius 3 is 2.65 bits per heavy atom. The largest absolute Gasteiger partial charge is 0.252 e. The number of benzene rings is 1. The molecule has 1 aromatic carbocycles. The molecule has 2 heterocycles. The topological polar surface area (TPSA) is 43.1 Å². The minimum absolute atomic E-state index is 0.256. The Kier molecular flexibility index (Phi) is 2.11. The molecule has 0 bridgehead atoms. The minimum atomic E-state index is -0.256. The maximum atomic E-state index is 12.9. The van der Waals surface area contributed by atoms with Gasteiger partial charge in [-0.3, -0.25) is 0 Å². The average molecular weight is 228 g/mol. The van der Waals surface area contributed by atoms with Crippen molar-refractivity contribution in [2.45, 2.75) is 6.92 Å². The summed E-state index contributed by atoms with van der Waals surface area (Å²) in [5.41, 5.74) is 1.72. The van der Waals surface area contributed by atoms with E-state index in [9.17, 15) is 4.39 Å². The number of rotatable bonds is 1. The van der Waals surface area contributed by atoms with Gasteiger partial charge >= 0.3 is 0 Å². The molecule has 3 rings (SSSR count). The Balaban J connectivity index is 2.26. The molecule has 0 radical (unpaired) electrons. The Hall–Kier alpha value is -2.30. The van der Waals surface area contributed by atoms with E-state index in [0.717, 1.165) is 11.3 Å². The van der Waals surface area contributed by atoms with Crippen molar-refractivity contribution in [2.75, 3.05) is 0 Å². The Labute approximate surface area is 96.8 Å². The van der Waals surface area contributed by atoms with Crippen LogP contribution in [-0.4, -0.2) is 19.6 Å². The molecule has 0 aliphatic rings. The Morgan fingerprint density at radius 2 is 1.88 bits per heavy atom. The molecule has 0 aliphatic carbocycles. The zero-order valence-electron chi connectivity index (χ0n) is 9.13. The van der Waals surface area contributed by atoms with Gasteiger partial charge in [0, 0.05) is 11.8 Å². The monoisotopic (exact) mass is 228 g/mol. The molecule has 0 spiro atoms. The van der Waals surface area contributed by atoms with E-state index in [2.05, 4.69) is 15.1 Å². The Bertz CT molecular complexity index is 673. The highest BCUT2D eigenvalue weighted by Crippen LogP contribution is 2.19. The van der Waals surface area contributed by atoms with Gasteiger partial charge in [-0.25, -0.2) is 9.37 Å². The van der Waals surface area contributed by atoms with Gasteiger partial charge in [-0.1, -0.05) is 0 Å². The SMILES string of the molecule is Cc1nc2nccc(-c3ccc(F)cc3)n2n1. The summed E-state index contributed by atoms with van der Waals surface area (Å²) >= 11 is 0. The second-order valence-corrected chi connectivity index (χ2v) is 3.71. The molecule has 0 saturated carbocycles. The molecule has 0 amide bonds. The van der Waals surface area contributed by atoms with E-state index in [1.807, 2.05) is 13.0 Å². The maximum Gasteiger partial charge on any atom is 0.252 e. The minimum Gasteiger partial charge on any atom is -0.220 e.